The second-order valence-corrected chi connectivity index (χ2v) is 6.21. The van der Waals surface area contributed by atoms with Gasteiger partial charge in [-0.05, 0) is 55.7 Å². The van der Waals surface area contributed by atoms with Crippen molar-refractivity contribution in [3.8, 4) is 0 Å². The predicted molar refractivity (Wildman–Crippen MR) is 92.0 cm³/mol. The third-order valence-electron chi connectivity index (χ3n) is 4.09. The van der Waals surface area contributed by atoms with Gasteiger partial charge in [0.1, 0.15) is 5.82 Å². The molecule has 2 aromatic carbocycles. The minimum atomic E-state index is -0.386. The average molecular weight is 333 g/mol. The van der Waals surface area contributed by atoms with Crippen molar-refractivity contribution in [3.63, 3.8) is 0 Å². The number of benzene rings is 2. The van der Waals surface area contributed by atoms with Gasteiger partial charge in [-0.3, -0.25) is 4.79 Å². The molecule has 1 N–H and O–H groups in total. The highest BCUT2D eigenvalue weighted by Crippen LogP contribution is 2.32. The van der Waals surface area contributed by atoms with E-state index in [1.165, 1.54) is 6.07 Å². The van der Waals surface area contributed by atoms with Crippen LogP contribution < -0.4 is 10.2 Å². The zero-order valence-electron chi connectivity index (χ0n) is 12.9. The van der Waals surface area contributed by atoms with Gasteiger partial charge in [0.25, 0.3) is 5.91 Å². The number of rotatable bonds is 3. The van der Waals surface area contributed by atoms with Crippen molar-refractivity contribution in [1.29, 1.82) is 0 Å². The van der Waals surface area contributed by atoms with Gasteiger partial charge < -0.3 is 10.2 Å². The van der Waals surface area contributed by atoms with Crippen molar-refractivity contribution < 1.29 is 9.18 Å². The van der Waals surface area contributed by atoms with E-state index in [1.807, 2.05) is 12.1 Å². The molecule has 5 heteroatoms. The summed E-state index contributed by atoms with van der Waals surface area (Å²) in [6, 6.07) is 9.94. The van der Waals surface area contributed by atoms with Crippen LogP contribution in [0.3, 0.4) is 0 Å². The maximum absolute atomic E-state index is 13.7. The second kappa shape index (κ2) is 6.59. The van der Waals surface area contributed by atoms with Gasteiger partial charge in [-0.2, -0.15) is 0 Å². The van der Waals surface area contributed by atoms with Gasteiger partial charge in [0, 0.05) is 23.7 Å². The highest BCUT2D eigenvalue weighted by Gasteiger charge is 2.18. The zero-order chi connectivity index (χ0) is 16.4. The normalized spacial score (nSPS) is 14.1. The third kappa shape index (κ3) is 3.48. The van der Waals surface area contributed by atoms with Gasteiger partial charge >= 0.3 is 0 Å². The van der Waals surface area contributed by atoms with E-state index in [4.69, 9.17) is 11.6 Å². The molecule has 0 bridgehead atoms. The first-order valence-corrected chi connectivity index (χ1v) is 8.04. The number of aryl methyl sites for hydroxylation is 1. The number of hydrogen-bond donors (Lipinski definition) is 1. The molecule has 0 aromatic heterocycles. The number of hydrogen-bond acceptors (Lipinski definition) is 2. The molecule has 3 rings (SSSR count). The number of anilines is 2. The van der Waals surface area contributed by atoms with Crippen LogP contribution in [0, 0.1) is 12.7 Å². The summed E-state index contributed by atoms with van der Waals surface area (Å²) in [5, 5.41) is 3.41. The Morgan fingerprint density at radius 1 is 1.17 bits per heavy atom. The second-order valence-electron chi connectivity index (χ2n) is 5.77. The molecule has 1 heterocycles. The number of halogens is 2. The van der Waals surface area contributed by atoms with Crippen LogP contribution in [0.1, 0.15) is 28.8 Å². The Hall–Kier alpha value is -2.07. The molecule has 0 atom stereocenters. The summed E-state index contributed by atoms with van der Waals surface area (Å²) in [7, 11) is 0. The van der Waals surface area contributed by atoms with Gasteiger partial charge in [0.2, 0.25) is 0 Å². The monoisotopic (exact) mass is 332 g/mol. The van der Waals surface area contributed by atoms with E-state index in [2.05, 4.69) is 10.2 Å². The Balaban J connectivity index is 1.87. The first kappa shape index (κ1) is 15.8. The number of carbonyl (C=O) groups excluding carboxylic acids is 1. The molecule has 1 saturated heterocycles. The highest BCUT2D eigenvalue weighted by atomic mass is 35.5. The molecule has 3 nitrogen and oxygen atoms in total. The van der Waals surface area contributed by atoms with Crippen molar-refractivity contribution in [2.75, 3.05) is 23.3 Å². The first-order valence-electron chi connectivity index (χ1n) is 7.66. The van der Waals surface area contributed by atoms with Crippen molar-refractivity contribution in [3.05, 3.63) is 58.4 Å². The van der Waals surface area contributed by atoms with Crippen LogP contribution in [-0.2, 0) is 0 Å². The Kier molecular flexibility index (Phi) is 4.53. The van der Waals surface area contributed by atoms with E-state index >= 15 is 0 Å². The third-order valence-corrected chi connectivity index (χ3v) is 4.32. The van der Waals surface area contributed by atoms with E-state index in [9.17, 15) is 9.18 Å². The van der Waals surface area contributed by atoms with Crippen LogP contribution in [0.15, 0.2) is 36.4 Å². The van der Waals surface area contributed by atoms with Crippen LogP contribution in [0.4, 0.5) is 15.8 Å². The Labute approximate surface area is 140 Å². The molecule has 0 saturated carbocycles. The highest BCUT2D eigenvalue weighted by molar-refractivity contribution is 6.31. The summed E-state index contributed by atoms with van der Waals surface area (Å²) >= 11 is 6.07. The lowest BCUT2D eigenvalue weighted by molar-refractivity contribution is 0.102. The maximum Gasteiger partial charge on any atom is 0.255 e. The van der Waals surface area contributed by atoms with Crippen molar-refractivity contribution >= 4 is 28.9 Å². The lowest BCUT2D eigenvalue weighted by atomic mass is 10.1. The van der Waals surface area contributed by atoms with Crippen LogP contribution in [0.25, 0.3) is 0 Å². The van der Waals surface area contributed by atoms with E-state index in [1.54, 1.807) is 25.1 Å². The maximum atomic E-state index is 13.7. The molecule has 23 heavy (non-hydrogen) atoms. The lowest BCUT2D eigenvalue weighted by Crippen LogP contribution is -2.21. The quantitative estimate of drug-likeness (QED) is 0.888. The minimum Gasteiger partial charge on any atom is -0.370 e. The summed E-state index contributed by atoms with van der Waals surface area (Å²) in [5.41, 5.74) is 2.42. The molecule has 1 aliphatic rings. The van der Waals surface area contributed by atoms with Crippen LogP contribution in [-0.4, -0.2) is 19.0 Å². The summed E-state index contributed by atoms with van der Waals surface area (Å²) in [5.74, 6) is -0.727. The molecule has 1 aliphatic heterocycles. The number of nitrogens with one attached hydrogen (secondary N) is 1. The van der Waals surface area contributed by atoms with E-state index < -0.39 is 0 Å². The Morgan fingerprint density at radius 2 is 1.91 bits per heavy atom. The molecule has 1 amide bonds. The fourth-order valence-corrected chi connectivity index (χ4v) is 2.94. The SMILES string of the molecule is Cc1ccc(C(=O)Nc2cc(Cl)ccc2N2CCCC2)cc1F. The van der Waals surface area contributed by atoms with Crippen molar-refractivity contribution in [2.24, 2.45) is 0 Å². The molecule has 120 valence electrons. The molecule has 0 radical (unpaired) electrons. The van der Waals surface area contributed by atoms with Crippen molar-refractivity contribution in [1.82, 2.24) is 0 Å². The average Bonchev–Trinajstić information content (AvgIpc) is 3.04. The molecule has 0 aliphatic carbocycles. The number of carbonyl (C=O) groups is 1. The smallest absolute Gasteiger partial charge is 0.255 e. The molecule has 2 aromatic rings. The Morgan fingerprint density at radius 3 is 2.61 bits per heavy atom. The lowest BCUT2D eigenvalue weighted by Gasteiger charge is -2.22. The van der Waals surface area contributed by atoms with Crippen LogP contribution in [0.5, 0.6) is 0 Å². The fraction of sp³-hybridized carbons (Fsp3) is 0.278. The van der Waals surface area contributed by atoms with Crippen LogP contribution in [0.2, 0.25) is 5.02 Å². The van der Waals surface area contributed by atoms with Crippen molar-refractivity contribution in [2.45, 2.75) is 19.8 Å². The standard InChI is InChI=1S/C18H18ClFN2O/c1-12-4-5-13(10-15(12)20)18(23)21-16-11-14(19)6-7-17(16)22-8-2-3-9-22/h4-7,10-11H,2-3,8-9H2,1H3,(H,21,23). The van der Waals surface area contributed by atoms with Gasteiger partial charge in [-0.25, -0.2) is 4.39 Å². The molecular formula is C18H18ClFN2O. The van der Waals surface area contributed by atoms with Gasteiger partial charge in [0.05, 0.1) is 11.4 Å². The summed E-state index contributed by atoms with van der Waals surface area (Å²) in [4.78, 5) is 14.6. The predicted octanol–water partition coefficient (Wildman–Crippen LogP) is 4.64. The molecular weight excluding hydrogens is 315 g/mol. The van der Waals surface area contributed by atoms with Crippen LogP contribution >= 0.6 is 11.6 Å². The fourth-order valence-electron chi connectivity index (χ4n) is 2.77. The Bertz CT molecular complexity index is 742. The van der Waals surface area contributed by atoms with Gasteiger partial charge in [-0.1, -0.05) is 17.7 Å². The largest absolute Gasteiger partial charge is 0.370 e. The van der Waals surface area contributed by atoms with Gasteiger partial charge in [-0.15, -0.1) is 0 Å². The van der Waals surface area contributed by atoms with E-state index in [-0.39, 0.29) is 11.7 Å². The molecule has 0 unspecified atom stereocenters. The molecule has 0 spiro atoms. The molecule has 1 fully saturated rings. The zero-order valence-corrected chi connectivity index (χ0v) is 13.7. The van der Waals surface area contributed by atoms with E-state index in [0.717, 1.165) is 31.6 Å². The summed E-state index contributed by atoms with van der Waals surface area (Å²) in [6.45, 7) is 3.59. The van der Waals surface area contributed by atoms with Gasteiger partial charge in [0.15, 0.2) is 0 Å². The van der Waals surface area contributed by atoms with E-state index in [0.29, 0.717) is 21.8 Å². The number of amides is 1. The summed E-state index contributed by atoms with van der Waals surface area (Å²) < 4.78 is 13.7. The minimum absolute atomic E-state index is 0.292. The first-order chi connectivity index (χ1) is 11.0. The number of nitrogens with zero attached hydrogens (tertiary/aromatic N) is 1. The topological polar surface area (TPSA) is 32.3 Å². The summed E-state index contributed by atoms with van der Waals surface area (Å²) in [6.07, 6.45) is 2.28.